The van der Waals surface area contributed by atoms with Crippen molar-refractivity contribution in [2.75, 3.05) is 11.9 Å². The standard InChI is InChI=1S/C12H19N3.2ClH/c1-8-4-9(2)12(14-6-8)15-11-5-10(3)13-7-11;;/h4,6,10-11,13H,5,7H2,1-3H3,(H,14,15);2*1H/t10-,11-;;/m0../s1. The van der Waals surface area contributed by atoms with Crippen LogP contribution in [0.25, 0.3) is 0 Å². The lowest BCUT2D eigenvalue weighted by Crippen LogP contribution is -2.23. The highest BCUT2D eigenvalue weighted by atomic mass is 35.5. The number of aryl methyl sites for hydroxylation is 2. The summed E-state index contributed by atoms with van der Waals surface area (Å²) in [6.45, 7) is 7.43. The highest BCUT2D eigenvalue weighted by Crippen LogP contribution is 2.16. The predicted molar refractivity (Wildman–Crippen MR) is 77.7 cm³/mol. The van der Waals surface area contributed by atoms with Crippen LogP contribution in [0, 0.1) is 13.8 Å². The van der Waals surface area contributed by atoms with Crippen LogP contribution in [0.3, 0.4) is 0 Å². The zero-order valence-corrected chi connectivity index (χ0v) is 12.1. The Hall–Kier alpha value is -0.510. The number of hydrogen-bond donors (Lipinski definition) is 2. The van der Waals surface area contributed by atoms with E-state index in [-0.39, 0.29) is 24.8 Å². The smallest absolute Gasteiger partial charge is 0.129 e. The first-order chi connectivity index (χ1) is 7.15. The first kappa shape index (κ1) is 16.5. The molecule has 2 atom stereocenters. The van der Waals surface area contributed by atoms with Crippen LogP contribution in [0.4, 0.5) is 5.82 Å². The molecule has 0 unspecified atom stereocenters. The number of pyridine rings is 1. The second kappa shape index (κ2) is 7.04. The first-order valence-corrected chi connectivity index (χ1v) is 5.58. The highest BCUT2D eigenvalue weighted by molar-refractivity contribution is 5.85. The van der Waals surface area contributed by atoms with E-state index in [1.807, 2.05) is 6.20 Å². The van der Waals surface area contributed by atoms with Gasteiger partial charge in [-0.25, -0.2) is 4.98 Å². The molecule has 17 heavy (non-hydrogen) atoms. The van der Waals surface area contributed by atoms with E-state index in [2.05, 4.69) is 42.5 Å². The van der Waals surface area contributed by atoms with Gasteiger partial charge in [0.25, 0.3) is 0 Å². The third kappa shape index (κ3) is 4.34. The van der Waals surface area contributed by atoms with E-state index in [0.717, 1.165) is 12.4 Å². The Morgan fingerprint density at radius 1 is 1.35 bits per heavy atom. The average Bonchev–Trinajstić information content (AvgIpc) is 2.56. The zero-order valence-electron chi connectivity index (χ0n) is 10.5. The number of rotatable bonds is 2. The molecule has 0 spiro atoms. The first-order valence-electron chi connectivity index (χ1n) is 5.58. The summed E-state index contributed by atoms with van der Waals surface area (Å²) in [4.78, 5) is 4.43. The SMILES string of the molecule is Cc1cnc(N[C@@H]2CN[C@@H](C)C2)c(C)c1.Cl.Cl. The van der Waals surface area contributed by atoms with Crippen molar-refractivity contribution in [3.05, 3.63) is 23.4 Å². The minimum atomic E-state index is 0. The molecule has 1 aromatic rings. The summed E-state index contributed by atoms with van der Waals surface area (Å²) in [5.74, 6) is 1.03. The van der Waals surface area contributed by atoms with Gasteiger partial charge in [-0.1, -0.05) is 6.07 Å². The minimum absolute atomic E-state index is 0. The minimum Gasteiger partial charge on any atom is -0.366 e. The number of anilines is 1. The van der Waals surface area contributed by atoms with Gasteiger partial charge in [-0.2, -0.15) is 0 Å². The maximum Gasteiger partial charge on any atom is 0.129 e. The van der Waals surface area contributed by atoms with Gasteiger partial charge in [-0.15, -0.1) is 24.8 Å². The fourth-order valence-electron chi connectivity index (χ4n) is 2.11. The molecule has 2 heterocycles. The van der Waals surface area contributed by atoms with Gasteiger partial charge in [0.2, 0.25) is 0 Å². The number of aromatic nitrogens is 1. The molecule has 2 rings (SSSR count). The van der Waals surface area contributed by atoms with E-state index in [0.29, 0.717) is 12.1 Å². The summed E-state index contributed by atoms with van der Waals surface area (Å²) in [5, 5.41) is 6.92. The second-order valence-corrected chi connectivity index (χ2v) is 4.56. The molecule has 98 valence electrons. The molecule has 1 aliphatic rings. The summed E-state index contributed by atoms with van der Waals surface area (Å²) in [7, 11) is 0. The van der Waals surface area contributed by atoms with E-state index in [9.17, 15) is 0 Å². The normalized spacial score (nSPS) is 22.5. The molecule has 2 N–H and O–H groups in total. The molecule has 1 aromatic heterocycles. The van der Waals surface area contributed by atoms with Crippen LogP contribution in [-0.2, 0) is 0 Å². The van der Waals surface area contributed by atoms with E-state index in [1.54, 1.807) is 0 Å². The largest absolute Gasteiger partial charge is 0.366 e. The maximum absolute atomic E-state index is 4.43. The number of halogens is 2. The van der Waals surface area contributed by atoms with Crippen molar-refractivity contribution in [1.29, 1.82) is 0 Å². The lowest BCUT2D eigenvalue weighted by atomic mass is 10.1. The fraction of sp³-hybridized carbons (Fsp3) is 0.583. The van der Waals surface area contributed by atoms with Crippen LogP contribution in [0.2, 0.25) is 0 Å². The summed E-state index contributed by atoms with van der Waals surface area (Å²) >= 11 is 0. The molecule has 0 amide bonds. The van der Waals surface area contributed by atoms with Crippen LogP contribution in [0.15, 0.2) is 12.3 Å². The Kier molecular flexibility index (Phi) is 6.83. The molecule has 0 saturated carbocycles. The molecule has 0 bridgehead atoms. The molecular formula is C12H21Cl2N3. The number of nitrogens with zero attached hydrogens (tertiary/aromatic N) is 1. The van der Waals surface area contributed by atoms with Crippen molar-refractivity contribution in [3.8, 4) is 0 Å². The lowest BCUT2D eigenvalue weighted by molar-refractivity contribution is 0.661. The third-order valence-electron chi connectivity index (χ3n) is 2.91. The Balaban J connectivity index is 0.00000128. The van der Waals surface area contributed by atoms with E-state index in [4.69, 9.17) is 0 Å². The van der Waals surface area contributed by atoms with Gasteiger partial charge < -0.3 is 10.6 Å². The maximum atomic E-state index is 4.43. The summed E-state index contributed by atoms with van der Waals surface area (Å²) in [5.41, 5.74) is 2.45. The van der Waals surface area contributed by atoms with Crippen LogP contribution in [0.5, 0.6) is 0 Å². The molecule has 5 heteroatoms. The monoisotopic (exact) mass is 277 g/mol. The van der Waals surface area contributed by atoms with Gasteiger partial charge in [0.05, 0.1) is 0 Å². The molecule has 0 radical (unpaired) electrons. The molecular weight excluding hydrogens is 257 g/mol. The number of nitrogens with one attached hydrogen (secondary N) is 2. The predicted octanol–water partition coefficient (Wildman–Crippen LogP) is 2.70. The Morgan fingerprint density at radius 3 is 2.59 bits per heavy atom. The van der Waals surface area contributed by atoms with Crippen molar-refractivity contribution in [2.24, 2.45) is 0 Å². The topological polar surface area (TPSA) is 37.0 Å². The van der Waals surface area contributed by atoms with Gasteiger partial charge in [0, 0.05) is 24.8 Å². The van der Waals surface area contributed by atoms with Gasteiger partial charge in [-0.05, 0) is 38.3 Å². The van der Waals surface area contributed by atoms with E-state index < -0.39 is 0 Å². The van der Waals surface area contributed by atoms with Crippen molar-refractivity contribution in [1.82, 2.24) is 10.3 Å². The average molecular weight is 278 g/mol. The lowest BCUT2D eigenvalue weighted by Gasteiger charge is -2.14. The Labute approximate surface area is 116 Å². The summed E-state index contributed by atoms with van der Waals surface area (Å²) in [6.07, 6.45) is 3.09. The van der Waals surface area contributed by atoms with Crippen LogP contribution >= 0.6 is 24.8 Å². The number of hydrogen-bond acceptors (Lipinski definition) is 3. The highest BCUT2D eigenvalue weighted by Gasteiger charge is 2.20. The van der Waals surface area contributed by atoms with Crippen LogP contribution in [-0.4, -0.2) is 23.6 Å². The second-order valence-electron chi connectivity index (χ2n) is 4.56. The molecule has 0 aromatic carbocycles. The molecule has 1 fully saturated rings. The van der Waals surface area contributed by atoms with Crippen molar-refractivity contribution < 1.29 is 0 Å². The quantitative estimate of drug-likeness (QED) is 0.873. The van der Waals surface area contributed by atoms with Crippen molar-refractivity contribution >= 4 is 30.6 Å². The third-order valence-corrected chi connectivity index (χ3v) is 2.91. The molecule has 0 aliphatic carbocycles. The molecule has 1 saturated heterocycles. The van der Waals surface area contributed by atoms with Crippen molar-refractivity contribution in [2.45, 2.75) is 39.3 Å². The zero-order chi connectivity index (χ0) is 10.8. The van der Waals surface area contributed by atoms with Gasteiger partial charge in [-0.3, -0.25) is 0 Å². The Morgan fingerprint density at radius 2 is 2.06 bits per heavy atom. The van der Waals surface area contributed by atoms with E-state index in [1.165, 1.54) is 17.5 Å². The van der Waals surface area contributed by atoms with Crippen molar-refractivity contribution in [3.63, 3.8) is 0 Å². The van der Waals surface area contributed by atoms with Crippen LogP contribution in [0.1, 0.15) is 24.5 Å². The molecule has 3 nitrogen and oxygen atoms in total. The van der Waals surface area contributed by atoms with E-state index >= 15 is 0 Å². The Bertz CT molecular complexity index is 358. The summed E-state index contributed by atoms with van der Waals surface area (Å²) in [6, 6.07) is 3.31. The fourth-order valence-corrected chi connectivity index (χ4v) is 2.11. The van der Waals surface area contributed by atoms with Gasteiger partial charge in [0.1, 0.15) is 5.82 Å². The molecule has 1 aliphatic heterocycles. The van der Waals surface area contributed by atoms with Crippen LogP contribution < -0.4 is 10.6 Å². The van der Waals surface area contributed by atoms with Gasteiger partial charge >= 0.3 is 0 Å². The summed E-state index contributed by atoms with van der Waals surface area (Å²) < 4.78 is 0. The van der Waals surface area contributed by atoms with Gasteiger partial charge in [0.15, 0.2) is 0 Å².